The molecule has 1 atom stereocenters. The minimum absolute atomic E-state index is 0.0252. The summed E-state index contributed by atoms with van der Waals surface area (Å²) in [4.78, 5) is 26.3. The van der Waals surface area contributed by atoms with Crippen LogP contribution in [0.4, 0.5) is 21.5 Å². The van der Waals surface area contributed by atoms with Crippen molar-refractivity contribution in [3.05, 3.63) is 82.2 Å². The van der Waals surface area contributed by atoms with Gasteiger partial charge in [-0.1, -0.05) is 29.8 Å². The van der Waals surface area contributed by atoms with E-state index in [0.29, 0.717) is 16.8 Å². The molecule has 188 valence electrons. The van der Waals surface area contributed by atoms with Crippen LogP contribution in [0, 0.1) is 40.4 Å². The van der Waals surface area contributed by atoms with Crippen molar-refractivity contribution in [1.82, 2.24) is 0 Å². The van der Waals surface area contributed by atoms with Gasteiger partial charge in [0.05, 0.1) is 22.7 Å². The zero-order chi connectivity index (χ0) is 26.4. The molecular weight excluding hydrogens is 481 g/mol. The van der Waals surface area contributed by atoms with Crippen LogP contribution in [0.2, 0.25) is 0 Å². The van der Waals surface area contributed by atoms with Crippen LogP contribution in [-0.2, 0) is 19.6 Å². The zero-order valence-corrected chi connectivity index (χ0v) is 21.6. The van der Waals surface area contributed by atoms with Gasteiger partial charge in [-0.15, -0.1) is 0 Å². The lowest BCUT2D eigenvalue weighted by atomic mass is 10.1. The Morgan fingerprint density at radius 1 is 0.944 bits per heavy atom. The van der Waals surface area contributed by atoms with Crippen molar-refractivity contribution in [1.29, 1.82) is 0 Å². The molecule has 0 aliphatic carbocycles. The number of nitrogens with zero attached hydrogens (tertiary/aromatic N) is 1. The molecule has 0 fully saturated rings. The number of hydrogen-bond acceptors (Lipinski definition) is 4. The number of sulfonamides is 1. The summed E-state index contributed by atoms with van der Waals surface area (Å²) < 4.78 is 43.1. The summed E-state index contributed by atoms with van der Waals surface area (Å²) in [5.74, 6) is -1.86. The van der Waals surface area contributed by atoms with Crippen molar-refractivity contribution >= 4 is 38.9 Å². The molecule has 0 aromatic heterocycles. The Labute approximate surface area is 210 Å². The van der Waals surface area contributed by atoms with Gasteiger partial charge < -0.3 is 10.6 Å². The van der Waals surface area contributed by atoms with Crippen LogP contribution >= 0.6 is 0 Å². The van der Waals surface area contributed by atoms with E-state index >= 15 is 0 Å². The van der Waals surface area contributed by atoms with Crippen molar-refractivity contribution in [3.8, 4) is 0 Å². The first kappa shape index (κ1) is 25.4. The van der Waals surface area contributed by atoms with Gasteiger partial charge in [-0.05, 0) is 81.1 Å². The first-order valence-electron chi connectivity index (χ1n) is 11.5. The van der Waals surface area contributed by atoms with Crippen molar-refractivity contribution < 1.29 is 22.4 Å². The second-order valence-electron chi connectivity index (χ2n) is 9.27. The molecule has 36 heavy (non-hydrogen) atoms. The SMILES string of the molecule is Cc1cc(C)c(S(=O)(=O)N2c3ccc(F)cc3NC(=O)C2CC(=O)Nc2cc(C)ccc2C)c(C)c1. The fraction of sp³-hybridized carbons (Fsp3) is 0.259. The van der Waals surface area contributed by atoms with Gasteiger partial charge in [-0.3, -0.25) is 13.9 Å². The molecule has 2 amide bonds. The number of carbonyl (C=O) groups excluding carboxylic acids is 2. The second kappa shape index (κ2) is 9.39. The van der Waals surface area contributed by atoms with E-state index in [1.807, 2.05) is 32.9 Å². The predicted molar refractivity (Wildman–Crippen MR) is 138 cm³/mol. The van der Waals surface area contributed by atoms with Gasteiger partial charge in [0, 0.05) is 5.69 Å². The number of benzene rings is 3. The van der Waals surface area contributed by atoms with Crippen LogP contribution in [0.15, 0.2) is 53.4 Å². The Bertz CT molecular complexity index is 1480. The summed E-state index contributed by atoms with van der Waals surface area (Å²) in [6.45, 7) is 8.96. The smallest absolute Gasteiger partial charge is 0.265 e. The molecule has 3 aromatic rings. The zero-order valence-electron chi connectivity index (χ0n) is 20.8. The highest BCUT2D eigenvalue weighted by molar-refractivity contribution is 7.93. The van der Waals surface area contributed by atoms with Crippen molar-refractivity contribution in [2.45, 2.75) is 52.0 Å². The molecule has 9 heteroatoms. The van der Waals surface area contributed by atoms with Crippen LogP contribution in [0.5, 0.6) is 0 Å². The summed E-state index contributed by atoms with van der Waals surface area (Å²) >= 11 is 0. The average Bonchev–Trinajstić information content (AvgIpc) is 2.75. The third kappa shape index (κ3) is 4.70. The van der Waals surface area contributed by atoms with E-state index in [4.69, 9.17) is 0 Å². The maximum absolute atomic E-state index is 14.1. The molecule has 0 radical (unpaired) electrons. The molecule has 1 aliphatic heterocycles. The number of carbonyl (C=O) groups is 2. The van der Waals surface area contributed by atoms with Gasteiger partial charge >= 0.3 is 0 Å². The lowest BCUT2D eigenvalue weighted by molar-refractivity contribution is -0.122. The summed E-state index contributed by atoms with van der Waals surface area (Å²) in [5, 5.41) is 5.36. The van der Waals surface area contributed by atoms with Gasteiger partial charge in [0.1, 0.15) is 11.9 Å². The van der Waals surface area contributed by atoms with E-state index in [1.54, 1.807) is 32.0 Å². The third-order valence-electron chi connectivity index (χ3n) is 6.21. The van der Waals surface area contributed by atoms with Crippen molar-refractivity contribution in [3.63, 3.8) is 0 Å². The topological polar surface area (TPSA) is 95.6 Å². The number of anilines is 3. The van der Waals surface area contributed by atoms with E-state index in [-0.39, 0.29) is 16.3 Å². The molecule has 1 unspecified atom stereocenters. The minimum Gasteiger partial charge on any atom is -0.326 e. The van der Waals surface area contributed by atoms with Crippen molar-refractivity contribution in [2.75, 3.05) is 14.9 Å². The number of rotatable bonds is 5. The molecule has 1 aliphatic rings. The number of nitrogens with one attached hydrogen (secondary N) is 2. The predicted octanol–water partition coefficient (Wildman–Crippen LogP) is 4.91. The Morgan fingerprint density at radius 2 is 1.61 bits per heavy atom. The third-order valence-corrected chi connectivity index (χ3v) is 8.34. The first-order chi connectivity index (χ1) is 16.9. The van der Waals surface area contributed by atoms with Gasteiger partial charge in [0.2, 0.25) is 11.8 Å². The number of amides is 2. The van der Waals surface area contributed by atoms with Crippen LogP contribution < -0.4 is 14.9 Å². The summed E-state index contributed by atoms with van der Waals surface area (Å²) in [6.07, 6.45) is -0.431. The normalized spacial score (nSPS) is 15.3. The minimum atomic E-state index is -4.31. The van der Waals surface area contributed by atoms with Gasteiger partial charge in [0.25, 0.3) is 10.0 Å². The highest BCUT2D eigenvalue weighted by atomic mass is 32.2. The lowest BCUT2D eigenvalue weighted by Crippen LogP contribution is -2.52. The summed E-state index contributed by atoms with van der Waals surface area (Å²) in [6, 6.07) is 11.2. The van der Waals surface area contributed by atoms with Gasteiger partial charge in [-0.25, -0.2) is 12.8 Å². The molecule has 0 saturated carbocycles. The summed E-state index contributed by atoms with van der Waals surface area (Å²) in [7, 11) is -4.31. The van der Waals surface area contributed by atoms with E-state index in [2.05, 4.69) is 10.6 Å². The standard InChI is InChI=1S/C27H28FN3O4S/c1-15-6-7-17(3)21(12-15)29-25(32)14-24-27(33)30-22-13-20(28)8-9-23(22)31(24)36(34,35)26-18(4)10-16(2)11-19(26)5/h6-13,24H,14H2,1-5H3,(H,29,32)(H,30,33). The van der Waals surface area contributed by atoms with Crippen LogP contribution in [0.25, 0.3) is 0 Å². The Morgan fingerprint density at radius 3 is 2.28 bits per heavy atom. The van der Waals surface area contributed by atoms with Crippen LogP contribution in [0.3, 0.4) is 0 Å². The lowest BCUT2D eigenvalue weighted by Gasteiger charge is -2.37. The first-order valence-corrected chi connectivity index (χ1v) is 12.9. The molecule has 2 N–H and O–H groups in total. The maximum Gasteiger partial charge on any atom is 0.265 e. The fourth-order valence-corrected chi connectivity index (χ4v) is 6.73. The Hall–Kier alpha value is -3.72. The van der Waals surface area contributed by atoms with Crippen LogP contribution in [-0.4, -0.2) is 26.3 Å². The molecule has 0 bridgehead atoms. The van der Waals surface area contributed by atoms with E-state index in [0.717, 1.165) is 33.1 Å². The molecule has 3 aromatic carbocycles. The molecule has 1 heterocycles. The largest absolute Gasteiger partial charge is 0.326 e. The van der Waals surface area contributed by atoms with Gasteiger partial charge in [-0.2, -0.15) is 0 Å². The Kier molecular flexibility index (Phi) is 6.62. The highest BCUT2D eigenvalue weighted by Crippen LogP contribution is 2.39. The van der Waals surface area contributed by atoms with Crippen LogP contribution in [0.1, 0.15) is 34.2 Å². The number of hydrogen-bond donors (Lipinski definition) is 2. The van der Waals surface area contributed by atoms with E-state index < -0.39 is 40.1 Å². The monoisotopic (exact) mass is 509 g/mol. The fourth-order valence-electron chi connectivity index (χ4n) is 4.68. The average molecular weight is 510 g/mol. The van der Waals surface area contributed by atoms with E-state index in [9.17, 15) is 22.4 Å². The molecule has 4 rings (SSSR count). The number of aryl methyl sites for hydroxylation is 5. The maximum atomic E-state index is 14.1. The van der Waals surface area contributed by atoms with Gasteiger partial charge in [0.15, 0.2) is 0 Å². The highest BCUT2D eigenvalue weighted by Gasteiger charge is 2.43. The molecule has 7 nitrogen and oxygen atoms in total. The molecular formula is C27H28FN3O4S. The number of halogens is 1. The Balaban J connectivity index is 1.80. The number of fused-ring (bicyclic) bond motifs is 1. The van der Waals surface area contributed by atoms with Crippen molar-refractivity contribution in [2.24, 2.45) is 0 Å². The molecule has 0 spiro atoms. The summed E-state index contributed by atoms with van der Waals surface area (Å²) in [5.41, 5.74) is 4.40. The van der Waals surface area contributed by atoms with E-state index in [1.165, 1.54) is 6.07 Å². The second-order valence-corrected chi connectivity index (χ2v) is 11.0. The quantitative estimate of drug-likeness (QED) is 0.511. The molecule has 0 saturated heterocycles.